The Morgan fingerprint density at radius 2 is 1.76 bits per heavy atom. The van der Waals surface area contributed by atoms with E-state index >= 15 is 0 Å². The van der Waals surface area contributed by atoms with E-state index in [1.807, 2.05) is 24.4 Å². The zero-order valence-electron chi connectivity index (χ0n) is 10.2. The monoisotopic (exact) mass is 345 g/mol. The van der Waals surface area contributed by atoms with Gasteiger partial charge in [-0.1, -0.05) is 6.92 Å². The highest BCUT2D eigenvalue weighted by molar-refractivity contribution is 14.0. The Labute approximate surface area is 118 Å². The molecule has 0 spiro atoms. The molecule has 0 N–H and O–H groups in total. The molecule has 0 radical (unpaired) electrons. The molecule has 0 unspecified atom stereocenters. The molecule has 0 saturated heterocycles. The lowest BCUT2D eigenvalue weighted by Crippen LogP contribution is -1.93. The maximum atomic E-state index is 5.29. The van der Waals surface area contributed by atoms with Crippen molar-refractivity contribution in [1.29, 1.82) is 0 Å². The molecule has 0 aliphatic rings. The van der Waals surface area contributed by atoms with Gasteiger partial charge in [0.1, 0.15) is 0 Å². The number of methoxy groups -OCH3 is 2. The molecular weight excluding hydrogens is 329 g/mol. The van der Waals surface area contributed by atoms with Crippen LogP contribution in [0.1, 0.15) is 12.5 Å². The number of aromatic nitrogens is 1. The topological polar surface area (TPSA) is 31.4 Å². The van der Waals surface area contributed by atoms with Crippen LogP contribution in [-0.4, -0.2) is 19.2 Å². The second kappa shape index (κ2) is 6.05. The maximum Gasteiger partial charge on any atom is 0.162 e. The zero-order chi connectivity index (χ0) is 11.5. The molecule has 2 aromatic rings. The molecule has 0 atom stereocenters. The van der Waals surface area contributed by atoms with E-state index in [9.17, 15) is 0 Å². The second-order valence-corrected chi connectivity index (χ2v) is 3.55. The quantitative estimate of drug-likeness (QED) is 0.799. The Morgan fingerprint density at radius 3 is 2.35 bits per heavy atom. The Bertz CT molecular complexity index is 514. The van der Waals surface area contributed by atoms with E-state index in [1.165, 1.54) is 5.56 Å². The summed E-state index contributed by atoms with van der Waals surface area (Å²) in [6.45, 7) is 2.13. The minimum Gasteiger partial charge on any atom is -0.493 e. The zero-order valence-corrected chi connectivity index (χ0v) is 12.5. The lowest BCUT2D eigenvalue weighted by Gasteiger charge is -2.10. The van der Waals surface area contributed by atoms with Gasteiger partial charge in [0.2, 0.25) is 0 Å². The fourth-order valence-electron chi connectivity index (χ4n) is 1.84. The highest BCUT2D eigenvalue weighted by atomic mass is 127. The number of fused-ring (bicyclic) bond motifs is 1. The first-order valence-corrected chi connectivity index (χ1v) is 5.29. The van der Waals surface area contributed by atoms with Gasteiger partial charge >= 0.3 is 0 Å². The molecule has 17 heavy (non-hydrogen) atoms. The van der Waals surface area contributed by atoms with E-state index in [-0.39, 0.29) is 24.0 Å². The predicted octanol–water partition coefficient (Wildman–Crippen LogP) is 3.43. The van der Waals surface area contributed by atoms with Gasteiger partial charge in [0.25, 0.3) is 0 Å². The second-order valence-electron chi connectivity index (χ2n) is 3.55. The van der Waals surface area contributed by atoms with Crippen LogP contribution < -0.4 is 9.47 Å². The largest absolute Gasteiger partial charge is 0.493 e. The summed E-state index contributed by atoms with van der Waals surface area (Å²) in [4.78, 5) is 4.34. The van der Waals surface area contributed by atoms with E-state index in [1.54, 1.807) is 14.2 Å². The first-order valence-electron chi connectivity index (χ1n) is 5.29. The van der Waals surface area contributed by atoms with Crippen LogP contribution in [0.2, 0.25) is 0 Å². The van der Waals surface area contributed by atoms with E-state index in [4.69, 9.17) is 9.47 Å². The molecule has 3 nitrogen and oxygen atoms in total. The fraction of sp³-hybridized carbons (Fsp3) is 0.308. The molecule has 92 valence electrons. The minimum atomic E-state index is 0. The molecular formula is C13H16INO2. The molecule has 1 aromatic heterocycles. The molecule has 2 rings (SSSR count). The van der Waals surface area contributed by atoms with E-state index in [0.29, 0.717) is 0 Å². The van der Waals surface area contributed by atoms with Crippen molar-refractivity contribution in [2.24, 2.45) is 0 Å². The summed E-state index contributed by atoms with van der Waals surface area (Å²) in [5.41, 5.74) is 2.21. The van der Waals surface area contributed by atoms with Crippen LogP contribution in [0, 0.1) is 0 Å². The van der Waals surface area contributed by atoms with Crippen molar-refractivity contribution in [3.63, 3.8) is 0 Å². The maximum absolute atomic E-state index is 5.29. The average Bonchev–Trinajstić information content (AvgIpc) is 2.36. The van der Waals surface area contributed by atoms with Crippen molar-refractivity contribution in [2.75, 3.05) is 14.2 Å². The first-order chi connectivity index (χ1) is 7.80. The normalized spacial score (nSPS) is 9.82. The van der Waals surface area contributed by atoms with Crippen LogP contribution in [0.25, 0.3) is 10.9 Å². The van der Waals surface area contributed by atoms with Gasteiger partial charge in [-0.25, -0.2) is 0 Å². The highest BCUT2D eigenvalue weighted by Gasteiger charge is 2.08. The van der Waals surface area contributed by atoms with E-state index in [2.05, 4.69) is 11.9 Å². The third kappa shape index (κ3) is 2.62. The number of ether oxygens (including phenoxy) is 2. The van der Waals surface area contributed by atoms with Gasteiger partial charge in [-0.3, -0.25) is 4.98 Å². The number of hydrogen-bond acceptors (Lipinski definition) is 3. The molecule has 0 aliphatic heterocycles. The number of pyridine rings is 1. The van der Waals surface area contributed by atoms with Crippen molar-refractivity contribution in [2.45, 2.75) is 13.3 Å². The number of nitrogens with zero attached hydrogens (tertiary/aromatic N) is 1. The third-order valence-electron chi connectivity index (χ3n) is 2.72. The SMILES string of the molecule is CCc1ccnc2cc(OC)c(OC)cc12.I. The summed E-state index contributed by atoms with van der Waals surface area (Å²) in [6.07, 6.45) is 2.81. The summed E-state index contributed by atoms with van der Waals surface area (Å²) in [5, 5.41) is 1.13. The van der Waals surface area contributed by atoms with Crippen molar-refractivity contribution in [1.82, 2.24) is 4.98 Å². The summed E-state index contributed by atoms with van der Waals surface area (Å²) in [5.74, 6) is 1.47. The standard InChI is InChI=1S/C13H15NO2.HI/c1-4-9-5-6-14-11-8-13(16-3)12(15-2)7-10(9)11;/h5-8H,4H2,1-3H3;1H. The number of benzene rings is 1. The van der Waals surface area contributed by atoms with Crippen LogP contribution in [0.15, 0.2) is 24.4 Å². The number of hydrogen-bond donors (Lipinski definition) is 0. The van der Waals surface area contributed by atoms with Crippen molar-refractivity contribution < 1.29 is 9.47 Å². The Balaban J connectivity index is 0.00000144. The fourth-order valence-corrected chi connectivity index (χ4v) is 1.84. The molecule has 1 heterocycles. The van der Waals surface area contributed by atoms with Crippen LogP contribution in [0.4, 0.5) is 0 Å². The Kier molecular flexibility index (Phi) is 4.99. The summed E-state index contributed by atoms with van der Waals surface area (Å²) < 4.78 is 10.5. The molecule has 0 saturated carbocycles. The Morgan fingerprint density at radius 1 is 1.12 bits per heavy atom. The van der Waals surface area contributed by atoms with E-state index < -0.39 is 0 Å². The molecule has 4 heteroatoms. The van der Waals surface area contributed by atoms with E-state index in [0.717, 1.165) is 28.8 Å². The summed E-state index contributed by atoms with van der Waals surface area (Å²) in [7, 11) is 3.28. The predicted molar refractivity (Wildman–Crippen MR) is 79.6 cm³/mol. The van der Waals surface area contributed by atoms with Crippen LogP contribution in [0.5, 0.6) is 11.5 Å². The molecule has 0 fully saturated rings. The smallest absolute Gasteiger partial charge is 0.162 e. The van der Waals surface area contributed by atoms with Gasteiger partial charge in [-0.2, -0.15) is 0 Å². The highest BCUT2D eigenvalue weighted by Crippen LogP contribution is 2.32. The van der Waals surface area contributed by atoms with Gasteiger partial charge in [0.05, 0.1) is 19.7 Å². The summed E-state index contributed by atoms with van der Waals surface area (Å²) in [6, 6.07) is 5.93. The van der Waals surface area contributed by atoms with Gasteiger partial charge in [-0.15, -0.1) is 24.0 Å². The first kappa shape index (κ1) is 14.0. The molecule has 0 bridgehead atoms. The number of aryl methyl sites for hydroxylation is 1. The molecule has 1 aromatic carbocycles. The minimum absolute atomic E-state index is 0. The number of halogens is 1. The van der Waals surface area contributed by atoms with Gasteiger partial charge in [0.15, 0.2) is 11.5 Å². The molecule has 0 amide bonds. The van der Waals surface area contributed by atoms with Crippen LogP contribution in [-0.2, 0) is 6.42 Å². The van der Waals surface area contributed by atoms with Crippen molar-refractivity contribution >= 4 is 34.9 Å². The van der Waals surface area contributed by atoms with Gasteiger partial charge in [-0.05, 0) is 24.1 Å². The summed E-state index contributed by atoms with van der Waals surface area (Å²) >= 11 is 0. The van der Waals surface area contributed by atoms with Gasteiger partial charge in [0, 0.05) is 17.6 Å². The van der Waals surface area contributed by atoms with Crippen molar-refractivity contribution in [3.8, 4) is 11.5 Å². The molecule has 0 aliphatic carbocycles. The van der Waals surface area contributed by atoms with Crippen LogP contribution >= 0.6 is 24.0 Å². The van der Waals surface area contributed by atoms with Crippen LogP contribution in [0.3, 0.4) is 0 Å². The van der Waals surface area contributed by atoms with Crippen molar-refractivity contribution in [3.05, 3.63) is 30.0 Å². The Hall–Kier alpha value is -1.04. The lowest BCUT2D eigenvalue weighted by molar-refractivity contribution is 0.356. The van der Waals surface area contributed by atoms with Gasteiger partial charge < -0.3 is 9.47 Å². The lowest BCUT2D eigenvalue weighted by atomic mass is 10.1. The average molecular weight is 345 g/mol. The number of rotatable bonds is 3. The third-order valence-corrected chi connectivity index (χ3v) is 2.72.